The summed E-state index contributed by atoms with van der Waals surface area (Å²) >= 11 is 5.87. The number of aryl methyl sites for hydroxylation is 1. The molecule has 28 heavy (non-hydrogen) atoms. The molecule has 0 aliphatic rings. The van der Waals surface area contributed by atoms with Crippen molar-refractivity contribution in [3.63, 3.8) is 0 Å². The maximum atomic E-state index is 12.7. The molecular formula is C21H14ClN5O. The topological polar surface area (TPSA) is 83.6 Å². The van der Waals surface area contributed by atoms with Gasteiger partial charge in [-0.05, 0) is 43.3 Å². The van der Waals surface area contributed by atoms with Crippen LogP contribution in [0.3, 0.4) is 0 Å². The molecule has 7 heteroatoms. The van der Waals surface area contributed by atoms with Crippen LogP contribution in [0.4, 0.5) is 5.69 Å². The summed E-state index contributed by atoms with van der Waals surface area (Å²) < 4.78 is 1.67. The van der Waals surface area contributed by atoms with Gasteiger partial charge in [-0.1, -0.05) is 29.8 Å². The molecule has 0 saturated heterocycles. The van der Waals surface area contributed by atoms with E-state index in [0.717, 1.165) is 5.69 Å². The quantitative estimate of drug-likeness (QED) is 0.560. The number of pyridine rings is 1. The lowest BCUT2D eigenvalue weighted by Gasteiger charge is -2.08. The Bertz CT molecular complexity index is 1220. The zero-order valence-corrected chi connectivity index (χ0v) is 15.6. The van der Waals surface area contributed by atoms with Crippen molar-refractivity contribution in [1.29, 1.82) is 5.26 Å². The zero-order valence-electron chi connectivity index (χ0n) is 14.8. The summed E-state index contributed by atoms with van der Waals surface area (Å²) in [4.78, 5) is 17.2. The van der Waals surface area contributed by atoms with Gasteiger partial charge in [0.15, 0.2) is 5.65 Å². The Morgan fingerprint density at radius 1 is 1.14 bits per heavy atom. The molecule has 136 valence electrons. The summed E-state index contributed by atoms with van der Waals surface area (Å²) in [5, 5.41) is 18.2. The number of para-hydroxylation sites is 1. The molecule has 0 aliphatic carbocycles. The van der Waals surface area contributed by atoms with Gasteiger partial charge in [0.1, 0.15) is 6.07 Å². The largest absolute Gasteiger partial charge is 0.322 e. The number of amides is 1. The smallest absolute Gasteiger partial charge is 0.258 e. The van der Waals surface area contributed by atoms with E-state index < -0.39 is 5.91 Å². The van der Waals surface area contributed by atoms with Crippen LogP contribution in [0.15, 0.2) is 60.8 Å². The second-order valence-electron chi connectivity index (χ2n) is 6.15. The highest BCUT2D eigenvalue weighted by Gasteiger charge is 2.21. The molecule has 0 bridgehead atoms. The number of hydrogen-bond acceptors (Lipinski definition) is 4. The van der Waals surface area contributed by atoms with Crippen molar-refractivity contribution in [1.82, 2.24) is 14.8 Å². The third-order valence-corrected chi connectivity index (χ3v) is 4.58. The minimum Gasteiger partial charge on any atom is -0.322 e. The van der Waals surface area contributed by atoms with Crippen molar-refractivity contribution in [2.24, 2.45) is 0 Å². The molecule has 2 aromatic heterocycles. The highest BCUT2D eigenvalue weighted by Crippen LogP contribution is 2.26. The van der Waals surface area contributed by atoms with Gasteiger partial charge in [0, 0.05) is 16.9 Å². The Kier molecular flexibility index (Phi) is 4.52. The van der Waals surface area contributed by atoms with Crippen LogP contribution in [-0.4, -0.2) is 20.7 Å². The lowest BCUT2D eigenvalue weighted by atomic mass is 10.1. The zero-order chi connectivity index (χ0) is 19.7. The van der Waals surface area contributed by atoms with E-state index in [1.165, 1.54) is 6.20 Å². The monoisotopic (exact) mass is 387 g/mol. The van der Waals surface area contributed by atoms with E-state index in [2.05, 4.69) is 21.5 Å². The predicted molar refractivity (Wildman–Crippen MR) is 108 cm³/mol. The molecule has 2 aromatic carbocycles. The highest BCUT2D eigenvalue weighted by molar-refractivity contribution is 6.30. The number of benzene rings is 2. The van der Waals surface area contributed by atoms with Gasteiger partial charge in [0.05, 0.1) is 27.9 Å². The van der Waals surface area contributed by atoms with E-state index in [0.29, 0.717) is 27.4 Å². The second kappa shape index (κ2) is 7.14. The predicted octanol–water partition coefficient (Wildman–Crippen LogP) is 4.51. The molecule has 4 rings (SSSR count). The molecule has 1 amide bonds. The molecule has 0 fully saturated rings. The molecule has 0 saturated carbocycles. The first-order valence-electron chi connectivity index (χ1n) is 8.49. The Labute approximate surface area is 166 Å². The van der Waals surface area contributed by atoms with E-state index in [1.807, 2.05) is 30.3 Å². The summed E-state index contributed by atoms with van der Waals surface area (Å²) in [7, 11) is 0. The number of nitrogens with one attached hydrogen (secondary N) is 1. The van der Waals surface area contributed by atoms with E-state index >= 15 is 0 Å². The summed E-state index contributed by atoms with van der Waals surface area (Å²) in [6.07, 6.45) is 1.41. The van der Waals surface area contributed by atoms with Crippen molar-refractivity contribution in [2.75, 3.05) is 5.32 Å². The van der Waals surface area contributed by atoms with Crippen molar-refractivity contribution in [2.45, 2.75) is 6.92 Å². The maximum absolute atomic E-state index is 12.7. The standard InChI is InChI=1S/C21H14ClN5O/c1-13-19-17(11-23)18(21(28)25-15-9-7-14(22)8-10-15)12-24-20(19)27(26-13)16-5-3-2-4-6-16/h2-10,12H,1H3,(H,25,28). The SMILES string of the molecule is Cc1nn(-c2ccccc2)c2ncc(C(=O)Nc3ccc(Cl)cc3)c(C#N)c12. The molecule has 6 nitrogen and oxygen atoms in total. The molecule has 0 radical (unpaired) electrons. The number of fused-ring (bicyclic) bond motifs is 1. The molecule has 0 spiro atoms. The van der Waals surface area contributed by atoms with Crippen LogP contribution < -0.4 is 5.32 Å². The van der Waals surface area contributed by atoms with Crippen LogP contribution in [0.5, 0.6) is 0 Å². The van der Waals surface area contributed by atoms with Crippen LogP contribution in [0.2, 0.25) is 5.02 Å². The van der Waals surface area contributed by atoms with Gasteiger partial charge < -0.3 is 5.32 Å². The van der Waals surface area contributed by atoms with Gasteiger partial charge in [0.2, 0.25) is 0 Å². The lowest BCUT2D eigenvalue weighted by molar-refractivity contribution is 0.102. The minimum absolute atomic E-state index is 0.195. The normalized spacial score (nSPS) is 10.6. The van der Waals surface area contributed by atoms with Crippen LogP contribution in [0.1, 0.15) is 21.6 Å². The fraction of sp³-hybridized carbons (Fsp3) is 0.0476. The first kappa shape index (κ1) is 17.7. The third-order valence-electron chi connectivity index (χ3n) is 4.33. The minimum atomic E-state index is -0.417. The number of halogens is 1. The maximum Gasteiger partial charge on any atom is 0.258 e. The third kappa shape index (κ3) is 3.08. The molecule has 1 N–H and O–H groups in total. The van der Waals surface area contributed by atoms with Crippen LogP contribution in [0, 0.1) is 18.3 Å². The van der Waals surface area contributed by atoms with Gasteiger partial charge in [0.25, 0.3) is 5.91 Å². The van der Waals surface area contributed by atoms with Crippen LogP contribution in [0.25, 0.3) is 16.7 Å². The lowest BCUT2D eigenvalue weighted by Crippen LogP contribution is -2.14. The number of carbonyl (C=O) groups is 1. The Morgan fingerprint density at radius 3 is 2.54 bits per heavy atom. The van der Waals surface area contributed by atoms with Gasteiger partial charge >= 0.3 is 0 Å². The first-order valence-corrected chi connectivity index (χ1v) is 8.87. The van der Waals surface area contributed by atoms with E-state index in [4.69, 9.17) is 11.6 Å². The molecule has 0 atom stereocenters. The van der Waals surface area contributed by atoms with Gasteiger partial charge in [-0.2, -0.15) is 10.4 Å². The molecular weight excluding hydrogens is 374 g/mol. The van der Waals surface area contributed by atoms with Crippen molar-refractivity contribution in [3.05, 3.63) is 82.6 Å². The average Bonchev–Trinajstić information content (AvgIpc) is 3.06. The summed E-state index contributed by atoms with van der Waals surface area (Å²) in [6.45, 7) is 1.80. The van der Waals surface area contributed by atoms with Crippen LogP contribution >= 0.6 is 11.6 Å². The fourth-order valence-corrected chi connectivity index (χ4v) is 3.15. The van der Waals surface area contributed by atoms with Gasteiger partial charge in [-0.3, -0.25) is 4.79 Å². The summed E-state index contributed by atoms with van der Waals surface area (Å²) in [5.41, 5.74) is 3.01. The van der Waals surface area contributed by atoms with Crippen molar-refractivity contribution < 1.29 is 4.79 Å². The summed E-state index contributed by atoms with van der Waals surface area (Å²) in [6, 6.07) is 18.4. The molecule has 4 aromatic rings. The number of anilines is 1. The second-order valence-corrected chi connectivity index (χ2v) is 6.59. The van der Waals surface area contributed by atoms with E-state index in [-0.39, 0.29) is 11.1 Å². The average molecular weight is 388 g/mol. The number of carbonyl (C=O) groups excluding carboxylic acids is 1. The molecule has 0 unspecified atom stereocenters. The van der Waals surface area contributed by atoms with Gasteiger partial charge in [-0.25, -0.2) is 9.67 Å². The van der Waals surface area contributed by atoms with E-state index in [9.17, 15) is 10.1 Å². The Morgan fingerprint density at radius 2 is 1.86 bits per heavy atom. The summed E-state index contributed by atoms with van der Waals surface area (Å²) in [5.74, 6) is -0.417. The first-order chi connectivity index (χ1) is 13.6. The molecule has 0 aliphatic heterocycles. The number of aromatic nitrogens is 3. The number of hydrogen-bond donors (Lipinski definition) is 1. The van der Waals surface area contributed by atoms with Crippen molar-refractivity contribution in [3.8, 4) is 11.8 Å². The fourth-order valence-electron chi connectivity index (χ4n) is 3.02. The van der Waals surface area contributed by atoms with Gasteiger partial charge in [-0.15, -0.1) is 0 Å². The molecule has 2 heterocycles. The number of rotatable bonds is 3. The van der Waals surface area contributed by atoms with Crippen LogP contribution in [-0.2, 0) is 0 Å². The highest BCUT2D eigenvalue weighted by atomic mass is 35.5. The van der Waals surface area contributed by atoms with E-state index in [1.54, 1.807) is 35.9 Å². The Balaban J connectivity index is 1.81. The number of nitriles is 1. The number of nitrogens with zero attached hydrogens (tertiary/aromatic N) is 4. The van der Waals surface area contributed by atoms with Crippen molar-refractivity contribution >= 4 is 34.2 Å². The Hall–Kier alpha value is -3.69.